The lowest BCUT2D eigenvalue weighted by Gasteiger charge is -2.21. The van der Waals surface area contributed by atoms with Crippen LogP contribution >= 0.6 is 0 Å². The number of rotatable bonds is 4. The molecule has 1 aromatic rings. The Morgan fingerprint density at radius 2 is 2.06 bits per heavy atom. The zero-order valence-corrected chi connectivity index (χ0v) is 11.5. The molecule has 1 unspecified atom stereocenters. The highest BCUT2D eigenvalue weighted by Crippen LogP contribution is 2.18. The fourth-order valence-corrected chi connectivity index (χ4v) is 2.51. The lowest BCUT2D eigenvalue weighted by Crippen LogP contribution is -2.32. The van der Waals surface area contributed by atoms with Crippen LogP contribution in [0.5, 0.6) is 0 Å². The lowest BCUT2D eigenvalue weighted by molar-refractivity contribution is -0.123. The molecule has 0 N–H and O–H groups in total. The number of hydrogen-bond donors (Lipinski definition) is 0. The Labute approximate surface area is 110 Å². The van der Waals surface area contributed by atoms with Gasteiger partial charge in [-0.3, -0.25) is 9.69 Å². The van der Waals surface area contributed by atoms with Gasteiger partial charge in [-0.1, -0.05) is 38.1 Å². The Morgan fingerprint density at radius 3 is 2.78 bits per heavy atom. The second-order valence-corrected chi connectivity index (χ2v) is 5.36. The quantitative estimate of drug-likeness (QED) is 0.812. The van der Waals surface area contributed by atoms with Gasteiger partial charge in [0.05, 0.1) is 6.54 Å². The summed E-state index contributed by atoms with van der Waals surface area (Å²) in [7, 11) is 0. The van der Waals surface area contributed by atoms with Gasteiger partial charge >= 0.3 is 0 Å². The van der Waals surface area contributed by atoms with E-state index in [2.05, 4.69) is 36.1 Å². The number of aryl methyl sites for hydroxylation is 1. The minimum atomic E-state index is 0.198. The molecule has 0 spiro atoms. The molecule has 0 aliphatic carbocycles. The average Bonchev–Trinajstić information content (AvgIpc) is 2.59. The first-order valence-corrected chi connectivity index (χ1v) is 7.02. The van der Waals surface area contributed by atoms with E-state index in [1.165, 1.54) is 11.1 Å². The molecular weight excluding hydrogens is 222 g/mol. The normalized spacial score (nSPS) is 17.9. The Morgan fingerprint density at radius 1 is 1.33 bits per heavy atom. The molecular formula is C16H23NO. The van der Waals surface area contributed by atoms with Gasteiger partial charge in [0.1, 0.15) is 5.78 Å². The molecule has 18 heavy (non-hydrogen) atoms. The number of hydrogen-bond acceptors (Lipinski definition) is 2. The van der Waals surface area contributed by atoms with Gasteiger partial charge in [0.15, 0.2) is 0 Å². The van der Waals surface area contributed by atoms with Crippen LogP contribution in [0, 0.1) is 5.92 Å². The number of fused-ring (bicyclic) bond motifs is 1. The summed E-state index contributed by atoms with van der Waals surface area (Å²) in [5, 5.41) is 0. The van der Waals surface area contributed by atoms with Gasteiger partial charge < -0.3 is 0 Å². The summed E-state index contributed by atoms with van der Waals surface area (Å²) in [4.78, 5) is 14.3. The average molecular weight is 245 g/mol. The van der Waals surface area contributed by atoms with Crippen LogP contribution in [0.2, 0.25) is 0 Å². The predicted octanol–water partition coefficient (Wildman–Crippen LogP) is 3.05. The molecule has 1 atom stereocenters. The third-order valence-electron chi connectivity index (χ3n) is 3.97. The largest absolute Gasteiger partial charge is 0.298 e. The van der Waals surface area contributed by atoms with Crippen molar-refractivity contribution in [3.63, 3.8) is 0 Å². The van der Waals surface area contributed by atoms with Crippen LogP contribution in [-0.4, -0.2) is 23.8 Å². The van der Waals surface area contributed by atoms with E-state index in [-0.39, 0.29) is 5.92 Å². The van der Waals surface area contributed by atoms with Crippen molar-refractivity contribution >= 4 is 5.78 Å². The van der Waals surface area contributed by atoms with Gasteiger partial charge in [0.2, 0.25) is 0 Å². The smallest absolute Gasteiger partial charge is 0.149 e. The van der Waals surface area contributed by atoms with Gasteiger partial charge in [-0.05, 0) is 36.9 Å². The summed E-state index contributed by atoms with van der Waals surface area (Å²) >= 11 is 0. The molecule has 0 aromatic heterocycles. The van der Waals surface area contributed by atoms with Crippen molar-refractivity contribution in [3.05, 3.63) is 35.4 Å². The Bertz CT molecular complexity index is 413. The van der Waals surface area contributed by atoms with Crippen LogP contribution < -0.4 is 0 Å². The highest BCUT2D eigenvalue weighted by atomic mass is 16.1. The SMILES string of the molecule is CCC(C)C(=O)CN1CCCc2ccccc2C1. The summed E-state index contributed by atoms with van der Waals surface area (Å²) in [6.45, 7) is 6.70. The van der Waals surface area contributed by atoms with Gasteiger partial charge in [0.25, 0.3) is 0 Å². The summed E-state index contributed by atoms with van der Waals surface area (Å²) < 4.78 is 0. The molecule has 0 fully saturated rings. The van der Waals surface area contributed by atoms with Gasteiger partial charge in [-0.15, -0.1) is 0 Å². The van der Waals surface area contributed by atoms with E-state index in [0.29, 0.717) is 12.3 Å². The van der Waals surface area contributed by atoms with Crippen LogP contribution in [-0.2, 0) is 17.8 Å². The highest BCUT2D eigenvalue weighted by molar-refractivity contribution is 5.82. The highest BCUT2D eigenvalue weighted by Gasteiger charge is 2.18. The van der Waals surface area contributed by atoms with Crippen LogP contribution in [0.15, 0.2) is 24.3 Å². The zero-order valence-electron chi connectivity index (χ0n) is 11.5. The second kappa shape index (κ2) is 6.14. The topological polar surface area (TPSA) is 20.3 Å². The van der Waals surface area contributed by atoms with Crippen molar-refractivity contribution < 1.29 is 4.79 Å². The molecule has 1 aromatic carbocycles. The Balaban J connectivity index is 2.02. The van der Waals surface area contributed by atoms with E-state index in [0.717, 1.165) is 32.4 Å². The maximum absolute atomic E-state index is 12.0. The second-order valence-electron chi connectivity index (χ2n) is 5.36. The number of carbonyl (C=O) groups excluding carboxylic acids is 1. The van der Waals surface area contributed by atoms with E-state index in [1.807, 2.05) is 6.92 Å². The molecule has 0 amide bonds. The zero-order chi connectivity index (χ0) is 13.0. The van der Waals surface area contributed by atoms with Crippen molar-refractivity contribution in [2.75, 3.05) is 13.1 Å². The summed E-state index contributed by atoms with van der Waals surface area (Å²) in [6.07, 6.45) is 3.25. The molecule has 2 heteroatoms. The summed E-state index contributed by atoms with van der Waals surface area (Å²) in [6, 6.07) is 8.62. The van der Waals surface area contributed by atoms with E-state index >= 15 is 0 Å². The lowest BCUT2D eigenvalue weighted by atomic mass is 10.0. The van der Waals surface area contributed by atoms with Gasteiger partial charge in [-0.2, -0.15) is 0 Å². The van der Waals surface area contributed by atoms with Gasteiger partial charge in [-0.25, -0.2) is 0 Å². The van der Waals surface area contributed by atoms with Crippen molar-refractivity contribution in [1.82, 2.24) is 4.90 Å². The number of benzene rings is 1. The predicted molar refractivity (Wildman–Crippen MR) is 74.5 cm³/mol. The monoisotopic (exact) mass is 245 g/mol. The number of Topliss-reactive ketones (excluding diaryl/α,β-unsaturated/α-hetero) is 1. The molecule has 0 saturated carbocycles. The van der Waals surface area contributed by atoms with E-state index in [9.17, 15) is 4.79 Å². The first-order chi connectivity index (χ1) is 8.70. The van der Waals surface area contributed by atoms with Crippen LogP contribution in [0.4, 0.5) is 0 Å². The van der Waals surface area contributed by atoms with Crippen molar-refractivity contribution in [1.29, 1.82) is 0 Å². The summed E-state index contributed by atoms with van der Waals surface area (Å²) in [5.41, 5.74) is 2.85. The number of nitrogens with zero attached hydrogens (tertiary/aromatic N) is 1. The number of carbonyl (C=O) groups is 1. The number of ketones is 1. The third-order valence-corrected chi connectivity index (χ3v) is 3.97. The minimum Gasteiger partial charge on any atom is -0.298 e. The molecule has 2 nitrogen and oxygen atoms in total. The maximum Gasteiger partial charge on any atom is 0.149 e. The van der Waals surface area contributed by atoms with E-state index in [4.69, 9.17) is 0 Å². The molecule has 98 valence electrons. The van der Waals surface area contributed by atoms with Crippen LogP contribution in [0.3, 0.4) is 0 Å². The maximum atomic E-state index is 12.0. The van der Waals surface area contributed by atoms with Crippen LogP contribution in [0.1, 0.15) is 37.8 Å². The third kappa shape index (κ3) is 3.20. The van der Waals surface area contributed by atoms with Crippen molar-refractivity contribution in [2.24, 2.45) is 5.92 Å². The first-order valence-electron chi connectivity index (χ1n) is 7.02. The summed E-state index contributed by atoms with van der Waals surface area (Å²) in [5.74, 6) is 0.584. The molecule has 1 aliphatic rings. The standard InChI is InChI=1S/C16H23NO/c1-3-13(2)16(18)12-17-10-6-9-14-7-4-5-8-15(14)11-17/h4-5,7-8,13H,3,6,9-12H2,1-2H3. The van der Waals surface area contributed by atoms with Crippen molar-refractivity contribution in [3.8, 4) is 0 Å². The molecule has 0 bridgehead atoms. The van der Waals surface area contributed by atoms with Gasteiger partial charge in [0, 0.05) is 12.5 Å². The van der Waals surface area contributed by atoms with Crippen molar-refractivity contribution in [2.45, 2.75) is 39.7 Å². The Kier molecular flexibility index (Phi) is 4.54. The fourth-order valence-electron chi connectivity index (χ4n) is 2.51. The minimum absolute atomic E-state index is 0.198. The van der Waals surface area contributed by atoms with E-state index in [1.54, 1.807) is 0 Å². The molecule has 0 saturated heterocycles. The molecule has 1 aliphatic heterocycles. The Hall–Kier alpha value is -1.15. The molecule has 1 heterocycles. The molecule has 2 rings (SSSR count). The first kappa shape index (κ1) is 13.3. The fraction of sp³-hybridized carbons (Fsp3) is 0.562. The van der Waals surface area contributed by atoms with E-state index < -0.39 is 0 Å². The van der Waals surface area contributed by atoms with Crippen LogP contribution in [0.25, 0.3) is 0 Å². The molecule has 0 radical (unpaired) electrons.